The van der Waals surface area contributed by atoms with Crippen LogP contribution in [0.2, 0.25) is 0 Å². The van der Waals surface area contributed by atoms with Gasteiger partial charge in [0.25, 0.3) is 0 Å². The van der Waals surface area contributed by atoms with E-state index in [0.29, 0.717) is 0 Å². The van der Waals surface area contributed by atoms with Gasteiger partial charge in [0, 0.05) is 6.08 Å². The molecule has 0 radical (unpaired) electrons. The molecule has 7 nitrogen and oxygen atoms in total. The van der Waals surface area contributed by atoms with Gasteiger partial charge in [0.1, 0.15) is 30.5 Å². The van der Waals surface area contributed by atoms with E-state index in [0.717, 1.165) is 0 Å². The van der Waals surface area contributed by atoms with E-state index in [-0.39, 0.29) is 0 Å². The maximum atomic E-state index is 11.4. The highest BCUT2D eigenvalue weighted by Crippen LogP contribution is 2.39. The van der Waals surface area contributed by atoms with Crippen molar-refractivity contribution in [1.82, 2.24) is 0 Å². The zero-order chi connectivity index (χ0) is 18.1. The van der Waals surface area contributed by atoms with Gasteiger partial charge < -0.3 is 28.8 Å². The summed E-state index contributed by atoms with van der Waals surface area (Å²) in [5, 5.41) is 10.1. The average molecular weight is 340 g/mol. The minimum absolute atomic E-state index is 0.508. The number of esters is 1. The molecule has 2 aliphatic heterocycles. The predicted molar refractivity (Wildman–Crippen MR) is 83.6 cm³/mol. The van der Waals surface area contributed by atoms with Crippen molar-refractivity contribution in [2.45, 2.75) is 69.8 Å². The molecule has 2 saturated heterocycles. The standard InChI is InChI=1S/C17H24O7/c1-7-10(18)13-15(24-17(4,5)22-13)14-11(8-9-12(19)20-6)21-16(2,3)23-14/h1,8-11,13-15,18H,2-6H3/b9-8-/t10-,11+,13-,14-,15-/m1/s1. The molecule has 0 aromatic rings. The molecule has 1 N–H and O–H groups in total. The molecule has 0 unspecified atom stereocenters. The Balaban J connectivity index is 2.26. The highest BCUT2D eigenvalue weighted by atomic mass is 16.8. The Kier molecular flexibility index (Phi) is 5.37. The van der Waals surface area contributed by atoms with E-state index in [1.807, 2.05) is 0 Å². The lowest BCUT2D eigenvalue weighted by Gasteiger charge is -2.26. The number of ether oxygens (including phenoxy) is 5. The van der Waals surface area contributed by atoms with Crippen LogP contribution in [0.5, 0.6) is 0 Å². The van der Waals surface area contributed by atoms with Crippen molar-refractivity contribution in [2.24, 2.45) is 0 Å². The van der Waals surface area contributed by atoms with Crippen LogP contribution in [0.25, 0.3) is 0 Å². The number of aliphatic hydroxyl groups is 1. The molecule has 2 heterocycles. The molecule has 0 bridgehead atoms. The van der Waals surface area contributed by atoms with Crippen LogP contribution < -0.4 is 0 Å². The first-order valence-corrected chi connectivity index (χ1v) is 7.70. The maximum Gasteiger partial charge on any atom is 0.330 e. The summed E-state index contributed by atoms with van der Waals surface area (Å²) in [7, 11) is 1.29. The van der Waals surface area contributed by atoms with Gasteiger partial charge in [-0.2, -0.15) is 0 Å². The third kappa shape index (κ3) is 4.15. The molecule has 2 rings (SSSR count). The summed E-state index contributed by atoms with van der Waals surface area (Å²) >= 11 is 0. The molecule has 7 heteroatoms. The topological polar surface area (TPSA) is 83.5 Å². The monoisotopic (exact) mass is 340 g/mol. The molecule has 2 aliphatic rings. The van der Waals surface area contributed by atoms with Crippen molar-refractivity contribution in [3.63, 3.8) is 0 Å². The zero-order valence-electron chi connectivity index (χ0n) is 14.5. The largest absolute Gasteiger partial charge is 0.466 e. The van der Waals surface area contributed by atoms with E-state index in [2.05, 4.69) is 10.7 Å². The van der Waals surface area contributed by atoms with Crippen molar-refractivity contribution in [2.75, 3.05) is 7.11 Å². The predicted octanol–water partition coefficient (Wildman–Crippen LogP) is 0.750. The van der Waals surface area contributed by atoms with Gasteiger partial charge in [-0.3, -0.25) is 0 Å². The number of terminal acetylenes is 1. The van der Waals surface area contributed by atoms with Crippen molar-refractivity contribution < 1.29 is 33.6 Å². The molecule has 134 valence electrons. The third-order valence-electron chi connectivity index (χ3n) is 3.76. The Morgan fingerprint density at radius 1 is 1.17 bits per heavy atom. The van der Waals surface area contributed by atoms with Crippen LogP contribution in [-0.2, 0) is 28.5 Å². The van der Waals surface area contributed by atoms with Crippen LogP contribution in [0.3, 0.4) is 0 Å². The van der Waals surface area contributed by atoms with Crippen LogP contribution in [-0.4, -0.2) is 60.3 Å². The SMILES string of the molecule is C#C[C@@H](O)[C@H]1OC(C)(C)O[C@H]1[C@@H]1OC(C)(C)O[C@H]1/C=C\C(=O)OC. The molecule has 0 aromatic carbocycles. The second kappa shape index (κ2) is 6.82. The third-order valence-corrected chi connectivity index (χ3v) is 3.76. The van der Waals surface area contributed by atoms with Gasteiger partial charge in [-0.15, -0.1) is 6.42 Å². The van der Waals surface area contributed by atoms with Crippen LogP contribution in [0.15, 0.2) is 12.2 Å². The Hall–Kier alpha value is -1.43. The summed E-state index contributed by atoms with van der Waals surface area (Å²) in [4.78, 5) is 11.4. The molecule has 0 spiro atoms. The normalized spacial score (nSPS) is 35.7. The number of carbonyl (C=O) groups excluding carboxylic acids is 1. The van der Waals surface area contributed by atoms with Gasteiger partial charge in [-0.05, 0) is 33.8 Å². The molecule has 0 aromatic heterocycles. The number of aliphatic hydroxyl groups excluding tert-OH is 1. The van der Waals surface area contributed by atoms with E-state index in [9.17, 15) is 9.90 Å². The Morgan fingerprint density at radius 3 is 2.33 bits per heavy atom. The van der Waals surface area contributed by atoms with E-state index in [1.165, 1.54) is 13.2 Å². The number of hydrogen-bond donors (Lipinski definition) is 1. The van der Waals surface area contributed by atoms with Crippen molar-refractivity contribution in [1.29, 1.82) is 0 Å². The summed E-state index contributed by atoms with van der Waals surface area (Å²) in [5.74, 6) is -0.0751. The van der Waals surface area contributed by atoms with E-state index in [1.54, 1.807) is 33.8 Å². The molecule has 2 fully saturated rings. The molecule has 0 aliphatic carbocycles. The Bertz CT molecular complexity index is 546. The van der Waals surface area contributed by atoms with Gasteiger partial charge in [0.2, 0.25) is 0 Å². The molecular formula is C17H24O7. The number of rotatable bonds is 4. The van der Waals surface area contributed by atoms with Crippen molar-refractivity contribution in [3.8, 4) is 12.3 Å². The van der Waals surface area contributed by atoms with Crippen LogP contribution in [0.1, 0.15) is 27.7 Å². The number of hydrogen-bond acceptors (Lipinski definition) is 7. The maximum absolute atomic E-state index is 11.4. The highest BCUT2D eigenvalue weighted by molar-refractivity contribution is 5.81. The number of methoxy groups -OCH3 is 1. The minimum Gasteiger partial charge on any atom is -0.466 e. The first-order valence-electron chi connectivity index (χ1n) is 7.70. The second-order valence-corrected chi connectivity index (χ2v) is 6.62. The molecule has 0 saturated carbocycles. The quantitative estimate of drug-likeness (QED) is 0.459. The smallest absolute Gasteiger partial charge is 0.330 e. The summed E-state index contributed by atoms with van der Waals surface area (Å²) in [6, 6.07) is 0. The van der Waals surface area contributed by atoms with Crippen molar-refractivity contribution >= 4 is 5.97 Å². The first kappa shape index (κ1) is 18.9. The van der Waals surface area contributed by atoms with Gasteiger partial charge in [-0.25, -0.2) is 4.79 Å². The lowest BCUT2D eigenvalue weighted by molar-refractivity contribution is -0.175. The van der Waals surface area contributed by atoms with E-state index in [4.69, 9.17) is 25.4 Å². The van der Waals surface area contributed by atoms with Crippen LogP contribution in [0, 0.1) is 12.3 Å². The Labute approximate surface area is 141 Å². The van der Waals surface area contributed by atoms with E-state index < -0.39 is 48.1 Å². The molecular weight excluding hydrogens is 316 g/mol. The van der Waals surface area contributed by atoms with Gasteiger partial charge >= 0.3 is 5.97 Å². The summed E-state index contributed by atoms with van der Waals surface area (Å²) < 4.78 is 27.9. The molecule has 5 atom stereocenters. The van der Waals surface area contributed by atoms with Crippen molar-refractivity contribution in [3.05, 3.63) is 12.2 Å². The molecule has 24 heavy (non-hydrogen) atoms. The second-order valence-electron chi connectivity index (χ2n) is 6.62. The summed E-state index contributed by atoms with van der Waals surface area (Å²) in [5.41, 5.74) is 0. The first-order chi connectivity index (χ1) is 11.1. The summed E-state index contributed by atoms with van der Waals surface area (Å²) in [6.07, 6.45) is 4.32. The lowest BCUT2D eigenvalue weighted by atomic mass is 9.99. The zero-order valence-corrected chi connectivity index (χ0v) is 14.5. The Morgan fingerprint density at radius 2 is 1.75 bits per heavy atom. The lowest BCUT2D eigenvalue weighted by Crippen LogP contribution is -2.45. The fraction of sp³-hybridized carbons (Fsp3) is 0.706. The van der Waals surface area contributed by atoms with Gasteiger partial charge in [0.05, 0.1) is 7.11 Å². The van der Waals surface area contributed by atoms with Crippen LogP contribution >= 0.6 is 0 Å². The highest BCUT2D eigenvalue weighted by Gasteiger charge is 2.54. The fourth-order valence-corrected chi connectivity index (χ4v) is 2.87. The minimum atomic E-state index is -1.16. The number of carbonyl (C=O) groups is 1. The summed E-state index contributed by atoms with van der Waals surface area (Å²) in [6.45, 7) is 6.95. The average Bonchev–Trinajstić information content (AvgIpc) is 2.99. The fourth-order valence-electron chi connectivity index (χ4n) is 2.87. The molecule has 0 amide bonds. The van der Waals surface area contributed by atoms with Crippen LogP contribution in [0.4, 0.5) is 0 Å². The van der Waals surface area contributed by atoms with Gasteiger partial charge in [0.15, 0.2) is 11.6 Å². The van der Waals surface area contributed by atoms with E-state index >= 15 is 0 Å². The van der Waals surface area contributed by atoms with Gasteiger partial charge in [-0.1, -0.05) is 5.92 Å².